The van der Waals surface area contributed by atoms with Gasteiger partial charge in [0.2, 0.25) is 0 Å². The van der Waals surface area contributed by atoms with Gasteiger partial charge in [-0.3, -0.25) is 14.4 Å². The van der Waals surface area contributed by atoms with Crippen molar-refractivity contribution >= 4 is 17.5 Å². The molecule has 0 bridgehead atoms. The molecule has 0 aliphatic carbocycles. The predicted molar refractivity (Wildman–Crippen MR) is 81.6 cm³/mol. The van der Waals surface area contributed by atoms with Crippen LogP contribution in [0.4, 0.5) is 0 Å². The lowest BCUT2D eigenvalue weighted by Gasteiger charge is -2.37. The van der Waals surface area contributed by atoms with Crippen molar-refractivity contribution in [3.05, 3.63) is 16.4 Å². The molecule has 0 aromatic carbocycles. The first-order valence-corrected chi connectivity index (χ1v) is 7.50. The fourth-order valence-electron chi connectivity index (χ4n) is 2.69. The zero-order chi connectivity index (χ0) is 15.8. The summed E-state index contributed by atoms with van der Waals surface area (Å²) in [4.78, 5) is 16.5. The second kappa shape index (κ2) is 5.94. The number of aliphatic hydroxyl groups is 1. The van der Waals surface area contributed by atoms with Crippen LogP contribution in [0.25, 0.3) is 0 Å². The molecular formula is C14H23ClN4O2. The van der Waals surface area contributed by atoms with E-state index in [0.29, 0.717) is 36.0 Å². The second-order valence-corrected chi connectivity index (χ2v) is 6.61. The van der Waals surface area contributed by atoms with Crippen molar-refractivity contribution in [2.45, 2.75) is 26.4 Å². The maximum Gasteiger partial charge on any atom is 0.258 e. The second-order valence-electron chi connectivity index (χ2n) is 6.26. The number of carbonyl (C=O) groups excluding carboxylic acids is 1. The summed E-state index contributed by atoms with van der Waals surface area (Å²) in [5, 5.41) is 14.4. The molecule has 1 aliphatic rings. The molecule has 2 heterocycles. The van der Waals surface area contributed by atoms with E-state index in [1.165, 1.54) is 4.68 Å². The van der Waals surface area contributed by atoms with Gasteiger partial charge in [-0.1, -0.05) is 11.6 Å². The normalized spacial score (nSPS) is 17.3. The van der Waals surface area contributed by atoms with Crippen molar-refractivity contribution in [2.75, 3.05) is 32.7 Å². The number of rotatable bonds is 3. The Labute approximate surface area is 130 Å². The number of halogens is 1. The van der Waals surface area contributed by atoms with Gasteiger partial charge in [-0.05, 0) is 20.8 Å². The molecule has 118 valence electrons. The van der Waals surface area contributed by atoms with Crippen LogP contribution in [0.3, 0.4) is 0 Å². The minimum absolute atomic E-state index is 0.0616. The molecule has 0 spiro atoms. The Bertz CT molecular complexity index is 528. The molecule has 2 rings (SSSR count). The SMILES string of the molecule is Cc1nn(C)c(Cl)c1C(=O)N1CCN(CC(C)(C)O)CC1. The number of hydrogen-bond donors (Lipinski definition) is 1. The van der Waals surface area contributed by atoms with Crippen molar-refractivity contribution in [3.8, 4) is 0 Å². The number of piperazine rings is 1. The van der Waals surface area contributed by atoms with Gasteiger partial charge < -0.3 is 10.0 Å². The Kier molecular flexibility index (Phi) is 4.60. The van der Waals surface area contributed by atoms with Crippen LogP contribution in [0.2, 0.25) is 5.15 Å². The van der Waals surface area contributed by atoms with E-state index < -0.39 is 5.60 Å². The Morgan fingerprint density at radius 1 is 1.33 bits per heavy atom. The molecule has 0 saturated carbocycles. The first-order valence-electron chi connectivity index (χ1n) is 7.12. The highest BCUT2D eigenvalue weighted by Gasteiger charge is 2.28. The minimum atomic E-state index is -0.713. The molecule has 7 heteroatoms. The van der Waals surface area contributed by atoms with Crippen molar-refractivity contribution in [3.63, 3.8) is 0 Å². The van der Waals surface area contributed by atoms with Gasteiger partial charge in [-0.2, -0.15) is 5.10 Å². The lowest BCUT2D eigenvalue weighted by Crippen LogP contribution is -2.52. The van der Waals surface area contributed by atoms with E-state index in [2.05, 4.69) is 10.00 Å². The van der Waals surface area contributed by atoms with E-state index >= 15 is 0 Å². The van der Waals surface area contributed by atoms with Crippen molar-refractivity contribution in [1.29, 1.82) is 0 Å². The van der Waals surface area contributed by atoms with Crippen molar-refractivity contribution in [1.82, 2.24) is 19.6 Å². The first-order chi connectivity index (χ1) is 9.69. The maximum atomic E-state index is 12.6. The van der Waals surface area contributed by atoms with E-state index in [0.717, 1.165) is 13.1 Å². The minimum Gasteiger partial charge on any atom is -0.389 e. The van der Waals surface area contributed by atoms with Crippen molar-refractivity contribution < 1.29 is 9.90 Å². The summed E-state index contributed by atoms with van der Waals surface area (Å²) in [7, 11) is 1.73. The smallest absolute Gasteiger partial charge is 0.258 e. The molecule has 0 atom stereocenters. The van der Waals surface area contributed by atoms with E-state index in [-0.39, 0.29) is 5.91 Å². The van der Waals surface area contributed by atoms with Crippen LogP contribution in [0.1, 0.15) is 29.9 Å². The summed E-state index contributed by atoms with van der Waals surface area (Å²) in [5.74, 6) is -0.0616. The monoisotopic (exact) mass is 314 g/mol. The van der Waals surface area contributed by atoms with Crippen LogP contribution in [0, 0.1) is 6.92 Å². The van der Waals surface area contributed by atoms with Gasteiger partial charge in [-0.15, -0.1) is 0 Å². The summed E-state index contributed by atoms with van der Waals surface area (Å²) < 4.78 is 1.52. The Hall–Kier alpha value is -1.11. The molecule has 1 aliphatic heterocycles. The third-order valence-electron chi connectivity index (χ3n) is 3.64. The third-order valence-corrected chi connectivity index (χ3v) is 4.07. The summed E-state index contributed by atoms with van der Waals surface area (Å²) in [6.45, 7) is 8.79. The molecule has 1 aromatic rings. The van der Waals surface area contributed by atoms with Gasteiger partial charge in [-0.25, -0.2) is 0 Å². The van der Waals surface area contributed by atoms with Crippen LogP contribution in [0.5, 0.6) is 0 Å². The van der Waals surface area contributed by atoms with E-state index in [1.54, 1.807) is 32.7 Å². The molecule has 1 amide bonds. The zero-order valence-corrected chi connectivity index (χ0v) is 13.8. The average Bonchev–Trinajstić information content (AvgIpc) is 2.61. The number of aromatic nitrogens is 2. The van der Waals surface area contributed by atoms with Gasteiger partial charge in [0.05, 0.1) is 16.9 Å². The number of hydrogen-bond acceptors (Lipinski definition) is 4. The molecule has 0 unspecified atom stereocenters. The lowest BCUT2D eigenvalue weighted by molar-refractivity contribution is 0.0178. The standard InChI is InChI=1S/C14H23ClN4O2/c1-10-11(12(15)17(4)16-10)13(20)19-7-5-18(6-8-19)9-14(2,3)21/h21H,5-9H2,1-4H3. The zero-order valence-electron chi connectivity index (χ0n) is 13.1. The predicted octanol–water partition coefficient (Wildman–Crippen LogP) is 0.911. The van der Waals surface area contributed by atoms with Gasteiger partial charge in [0, 0.05) is 39.8 Å². The fraction of sp³-hybridized carbons (Fsp3) is 0.714. The van der Waals surface area contributed by atoms with Crippen LogP contribution >= 0.6 is 11.6 Å². The number of aryl methyl sites for hydroxylation is 2. The first kappa shape index (κ1) is 16.3. The van der Waals surface area contributed by atoms with Gasteiger partial charge in [0.15, 0.2) is 0 Å². The van der Waals surface area contributed by atoms with E-state index in [9.17, 15) is 9.90 Å². The largest absolute Gasteiger partial charge is 0.389 e. The van der Waals surface area contributed by atoms with Gasteiger partial charge in [0.1, 0.15) is 5.15 Å². The van der Waals surface area contributed by atoms with E-state index in [1.807, 2.05) is 0 Å². The van der Waals surface area contributed by atoms with Crippen LogP contribution < -0.4 is 0 Å². The maximum absolute atomic E-state index is 12.6. The molecule has 21 heavy (non-hydrogen) atoms. The molecule has 6 nitrogen and oxygen atoms in total. The highest BCUT2D eigenvalue weighted by atomic mass is 35.5. The Morgan fingerprint density at radius 2 is 1.90 bits per heavy atom. The molecule has 1 aromatic heterocycles. The molecular weight excluding hydrogens is 292 g/mol. The van der Waals surface area contributed by atoms with Crippen LogP contribution in [-0.4, -0.2) is 68.9 Å². The van der Waals surface area contributed by atoms with Gasteiger partial charge >= 0.3 is 0 Å². The highest BCUT2D eigenvalue weighted by Crippen LogP contribution is 2.21. The number of nitrogens with zero attached hydrogens (tertiary/aromatic N) is 4. The topological polar surface area (TPSA) is 61.6 Å². The molecule has 1 fully saturated rings. The fourth-order valence-corrected chi connectivity index (χ4v) is 2.94. The van der Waals surface area contributed by atoms with Crippen LogP contribution in [-0.2, 0) is 7.05 Å². The average molecular weight is 315 g/mol. The van der Waals surface area contributed by atoms with Gasteiger partial charge in [0.25, 0.3) is 5.91 Å². The summed E-state index contributed by atoms with van der Waals surface area (Å²) in [5.41, 5.74) is 0.441. The number of amides is 1. The summed E-state index contributed by atoms with van der Waals surface area (Å²) >= 11 is 6.15. The molecule has 1 saturated heterocycles. The molecule has 0 radical (unpaired) electrons. The summed E-state index contributed by atoms with van der Waals surface area (Å²) in [6.07, 6.45) is 0. The number of β-amino-alcohol motifs (C(OH)–C–C–N with tert-alkyl or cyclic N) is 1. The number of carbonyl (C=O) groups is 1. The quantitative estimate of drug-likeness (QED) is 0.901. The van der Waals surface area contributed by atoms with Crippen molar-refractivity contribution in [2.24, 2.45) is 7.05 Å². The Balaban J connectivity index is 2.01. The summed E-state index contributed by atoms with van der Waals surface area (Å²) in [6, 6.07) is 0. The lowest BCUT2D eigenvalue weighted by atomic mass is 10.1. The van der Waals surface area contributed by atoms with E-state index in [4.69, 9.17) is 11.6 Å². The molecule has 1 N–H and O–H groups in total. The highest BCUT2D eigenvalue weighted by molar-refractivity contribution is 6.33. The third kappa shape index (κ3) is 3.75. The Morgan fingerprint density at radius 3 is 2.33 bits per heavy atom. The van der Waals surface area contributed by atoms with Crippen LogP contribution in [0.15, 0.2) is 0 Å².